The smallest absolute Gasteiger partial charge is 0.185 e. The summed E-state index contributed by atoms with van der Waals surface area (Å²) in [5.74, 6) is 0. The number of hydrogen-bond acceptors (Lipinski definition) is 7. The van der Waals surface area contributed by atoms with Crippen LogP contribution < -0.4 is 0 Å². The van der Waals surface area contributed by atoms with E-state index in [-0.39, 0.29) is 36.5 Å². The molecule has 82 valence electrons. The monoisotopic (exact) mass is 240 g/mol. The Bertz CT molecular complexity index is 177. The van der Waals surface area contributed by atoms with E-state index in [1.165, 1.54) is 0 Å². The Morgan fingerprint density at radius 3 is 1.64 bits per heavy atom. The number of hydrogen-bond donors (Lipinski definition) is 3. The maximum absolute atomic E-state index is 9.21. The predicted octanol–water partition coefficient (Wildman–Crippen LogP) is -0.980. The van der Waals surface area contributed by atoms with Gasteiger partial charge in [0.1, 0.15) is 32.5 Å². The van der Waals surface area contributed by atoms with Crippen LogP contribution in [0.1, 0.15) is 0 Å². The van der Waals surface area contributed by atoms with Gasteiger partial charge in [-0.3, -0.25) is 0 Å². The molecule has 0 aromatic heterocycles. The molecule has 0 radical (unpaired) electrons. The summed E-state index contributed by atoms with van der Waals surface area (Å²) in [5, 5.41) is 26.2. The molecule has 0 heterocycles. The van der Waals surface area contributed by atoms with Crippen molar-refractivity contribution in [1.29, 1.82) is 0 Å². The van der Waals surface area contributed by atoms with E-state index in [1.54, 1.807) is 0 Å². The molecule has 0 saturated carbocycles. The summed E-state index contributed by atoms with van der Waals surface area (Å²) < 4.78 is 9.53. The van der Waals surface area contributed by atoms with Crippen molar-refractivity contribution in [3.8, 4) is 0 Å². The molecule has 0 spiro atoms. The fourth-order valence-electron chi connectivity index (χ4n) is 0.518. The van der Waals surface area contributed by atoms with E-state index in [9.17, 15) is 5.11 Å². The van der Waals surface area contributed by atoms with E-state index >= 15 is 0 Å². The molecule has 0 rings (SSSR count). The molecule has 0 unspecified atom stereocenters. The summed E-state index contributed by atoms with van der Waals surface area (Å²) in [7, 11) is 0. The zero-order chi connectivity index (χ0) is 11.0. The third-order valence-electron chi connectivity index (χ3n) is 1.13. The van der Waals surface area contributed by atoms with E-state index in [2.05, 4.69) is 24.4 Å². The Hall–Kier alpha value is -0.340. The van der Waals surface area contributed by atoms with Crippen LogP contribution in [0, 0.1) is 0 Å². The molecule has 0 amide bonds. The van der Waals surface area contributed by atoms with Gasteiger partial charge in [-0.2, -0.15) is 0 Å². The number of aliphatic hydroxyl groups excluding tert-OH is 3. The fraction of sp³-hybridized carbons (Fsp3) is 0.714. The molecule has 0 saturated heterocycles. The average Bonchev–Trinajstić information content (AvgIpc) is 2.22. The van der Waals surface area contributed by atoms with Gasteiger partial charge in [0.2, 0.25) is 0 Å². The first-order valence-electron chi connectivity index (χ1n) is 3.81. The first-order chi connectivity index (χ1) is 6.60. The summed E-state index contributed by atoms with van der Waals surface area (Å²) in [6.07, 6.45) is -0.899. The lowest BCUT2D eigenvalue weighted by molar-refractivity contribution is 0.0518. The topological polar surface area (TPSA) is 79.2 Å². The number of ether oxygens (including phenoxy) is 2. The minimum Gasteiger partial charge on any atom is -0.482 e. The molecule has 0 aliphatic rings. The second-order valence-corrected chi connectivity index (χ2v) is 3.25. The second kappa shape index (κ2) is 8.01. The van der Waals surface area contributed by atoms with Gasteiger partial charge in [0.25, 0.3) is 0 Å². The molecule has 7 heteroatoms. The quantitative estimate of drug-likeness (QED) is 0.515. The highest BCUT2D eigenvalue weighted by Gasteiger charge is 2.07. The van der Waals surface area contributed by atoms with Crippen LogP contribution in [0.25, 0.3) is 0 Å². The van der Waals surface area contributed by atoms with Crippen LogP contribution in [0.2, 0.25) is 0 Å². The summed E-state index contributed by atoms with van der Waals surface area (Å²) in [6.45, 7) is -0.878. The van der Waals surface area contributed by atoms with Gasteiger partial charge in [-0.15, -0.1) is 0 Å². The van der Waals surface area contributed by atoms with Crippen LogP contribution in [-0.4, -0.2) is 58.0 Å². The van der Waals surface area contributed by atoms with Crippen LogP contribution in [0.15, 0.2) is 0 Å². The van der Waals surface area contributed by atoms with Crippen molar-refractivity contribution in [2.24, 2.45) is 0 Å². The molecule has 0 bridgehead atoms. The van der Waals surface area contributed by atoms with Gasteiger partial charge in [0.15, 0.2) is 10.1 Å². The van der Waals surface area contributed by atoms with Crippen molar-refractivity contribution in [2.45, 2.75) is 6.10 Å². The minimum absolute atomic E-state index is 0.00813. The van der Waals surface area contributed by atoms with E-state index in [4.69, 9.17) is 19.7 Å². The van der Waals surface area contributed by atoms with Crippen LogP contribution in [-0.2, 0) is 9.47 Å². The molecule has 3 N–H and O–H groups in total. The molecule has 5 nitrogen and oxygen atoms in total. The second-order valence-electron chi connectivity index (χ2n) is 2.34. The lowest BCUT2D eigenvalue weighted by atomic mass is 10.4. The molecule has 0 aliphatic heterocycles. The highest BCUT2D eigenvalue weighted by molar-refractivity contribution is 7.80. The number of aliphatic hydroxyl groups is 3. The Balaban J connectivity index is 3.50. The molecule has 0 aromatic rings. The highest BCUT2D eigenvalue weighted by Crippen LogP contribution is 1.91. The van der Waals surface area contributed by atoms with Crippen LogP contribution in [0.3, 0.4) is 0 Å². The van der Waals surface area contributed by atoms with Crippen molar-refractivity contribution >= 4 is 34.5 Å². The molecular weight excluding hydrogens is 228 g/mol. The lowest BCUT2D eigenvalue weighted by Gasteiger charge is -2.12. The average molecular weight is 240 g/mol. The Morgan fingerprint density at radius 2 is 1.36 bits per heavy atom. The van der Waals surface area contributed by atoms with Crippen LogP contribution in [0.4, 0.5) is 0 Å². The third kappa shape index (κ3) is 7.10. The molecule has 0 aromatic carbocycles. The summed E-state index contributed by atoms with van der Waals surface area (Å²) >= 11 is 9.08. The molecule has 14 heavy (non-hydrogen) atoms. The molecular formula is C7H12O5S2. The van der Waals surface area contributed by atoms with Crippen LogP contribution >= 0.6 is 24.4 Å². The molecule has 0 fully saturated rings. The fourth-order valence-corrected chi connectivity index (χ4v) is 0.654. The summed E-state index contributed by atoms with van der Waals surface area (Å²) in [4.78, 5) is 0. The van der Waals surface area contributed by atoms with Crippen LogP contribution in [0.5, 0.6) is 0 Å². The van der Waals surface area contributed by atoms with Crippen molar-refractivity contribution in [1.82, 2.24) is 0 Å². The SMILES string of the molecule is OCC(=S)OCC(O)COC(=S)CO. The van der Waals surface area contributed by atoms with Crippen molar-refractivity contribution < 1.29 is 24.8 Å². The van der Waals surface area contributed by atoms with Gasteiger partial charge in [-0.1, -0.05) is 0 Å². The van der Waals surface area contributed by atoms with Crippen molar-refractivity contribution in [3.63, 3.8) is 0 Å². The first kappa shape index (κ1) is 13.7. The van der Waals surface area contributed by atoms with Gasteiger partial charge in [-0.05, 0) is 24.4 Å². The maximum atomic E-state index is 9.21. The van der Waals surface area contributed by atoms with E-state index in [0.29, 0.717) is 0 Å². The highest BCUT2D eigenvalue weighted by atomic mass is 32.1. The van der Waals surface area contributed by atoms with Gasteiger partial charge >= 0.3 is 0 Å². The van der Waals surface area contributed by atoms with E-state index in [1.807, 2.05) is 0 Å². The van der Waals surface area contributed by atoms with Crippen molar-refractivity contribution in [3.05, 3.63) is 0 Å². The Kier molecular flexibility index (Phi) is 7.81. The first-order valence-corrected chi connectivity index (χ1v) is 4.62. The largest absolute Gasteiger partial charge is 0.482 e. The lowest BCUT2D eigenvalue weighted by Crippen LogP contribution is -2.25. The minimum atomic E-state index is -0.899. The van der Waals surface area contributed by atoms with Gasteiger partial charge in [0, 0.05) is 0 Å². The van der Waals surface area contributed by atoms with Gasteiger partial charge in [0.05, 0.1) is 0 Å². The third-order valence-corrected chi connectivity index (χ3v) is 1.63. The summed E-state index contributed by atoms with van der Waals surface area (Å²) in [6, 6.07) is 0. The predicted molar refractivity (Wildman–Crippen MR) is 57.3 cm³/mol. The number of thiocarbonyl (C=S) groups is 2. The molecule has 0 atom stereocenters. The Morgan fingerprint density at radius 1 is 1.00 bits per heavy atom. The maximum Gasteiger partial charge on any atom is 0.185 e. The Labute approximate surface area is 92.3 Å². The molecule has 0 aliphatic carbocycles. The van der Waals surface area contributed by atoms with Gasteiger partial charge in [-0.25, -0.2) is 0 Å². The zero-order valence-corrected chi connectivity index (χ0v) is 9.01. The number of rotatable bonds is 6. The van der Waals surface area contributed by atoms with Gasteiger partial charge < -0.3 is 24.8 Å². The van der Waals surface area contributed by atoms with E-state index in [0.717, 1.165) is 0 Å². The summed E-state index contributed by atoms with van der Waals surface area (Å²) in [5.41, 5.74) is 0. The van der Waals surface area contributed by atoms with Crippen molar-refractivity contribution in [2.75, 3.05) is 26.4 Å². The normalized spacial score (nSPS) is 10.0. The van der Waals surface area contributed by atoms with E-state index < -0.39 is 6.10 Å². The standard InChI is InChI=1S/C7H12O5S2/c8-1-6(13)11-3-5(10)4-12-7(14)2-9/h5,8-10H,1-4H2. The zero-order valence-electron chi connectivity index (χ0n) is 7.38.